The van der Waals surface area contributed by atoms with Gasteiger partial charge in [-0.25, -0.2) is 0 Å². The summed E-state index contributed by atoms with van der Waals surface area (Å²) in [4.78, 5) is 38.3. The fraction of sp³-hybridized carbons (Fsp3) is 0.591. The minimum Gasteiger partial charge on any atom is -0.384 e. The van der Waals surface area contributed by atoms with E-state index in [1.807, 2.05) is 18.2 Å². The number of fused-ring (bicyclic) bond motifs is 1. The van der Waals surface area contributed by atoms with Crippen LogP contribution in [0.2, 0.25) is 0 Å². The third-order valence-corrected chi connectivity index (χ3v) is 6.61. The van der Waals surface area contributed by atoms with Crippen LogP contribution in [0.3, 0.4) is 0 Å². The summed E-state index contributed by atoms with van der Waals surface area (Å²) in [5.74, 6) is -0.775. The predicted molar refractivity (Wildman–Crippen MR) is 111 cm³/mol. The molecule has 2 saturated heterocycles. The molecule has 1 aromatic carbocycles. The lowest BCUT2D eigenvalue weighted by molar-refractivity contribution is -0.136. The maximum atomic E-state index is 12.9. The standard InChI is InChI=1S/C22H30N4O4/c1-30-14-22(7-9-23-10-8-22)13-24-11-15-3-2-4-16-17(15)12-26(21(16)29)18-5-6-19(27)25-20(18)28/h2-4,18,23-24H,5-14H2,1H3,(H,25,27,28). The lowest BCUT2D eigenvalue weighted by atomic mass is 9.79. The van der Waals surface area contributed by atoms with Crippen molar-refractivity contribution in [2.45, 2.75) is 44.8 Å². The molecule has 0 spiro atoms. The van der Waals surface area contributed by atoms with Gasteiger partial charge in [-0.05, 0) is 49.5 Å². The maximum absolute atomic E-state index is 12.9. The van der Waals surface area contributed by atoms with Crippen LogP contribution in [0.5, 0.6) is 0 Å². The van der Waals surface area contributed by atoms with Crippen LogP contribution in [0.4, 0.5) is 0 Å². The van der Waals surface area contributed by atoms with Crippen LogP contribution in [-0.4, -0.2) is 62.0 Å². The smallest absolute Gasteiger partial charge is 0.255 e. The third kappa shape index (κ3) is 4.12. The van der Waals surface area contributed by atoms with Gasteiger partial charge >= 0.3 is 0 Å². The summed E-state index contributed by atoms with van der Waals surface area (Å²) in [6, 6.07) is 5.19. The molecule has 3 heterocycles. The number of carbonyl (C=O) groups is 3. The number of rotatable bonds is 7. The highest BCUT2D eigenvalue weighted by atomic mass is 16.5. The zero-order chi connectivity index (χ0) is 21.1. The first-order valence-corrected chi connectivity index (χ1v) is 10.7. The molecule has 0 aliphatic carbocycles. The molecular formula is C22H30N4O4. The van der Waals surface area contributed by atoms with E-state index in [4.69, 9.17) is 4.74 Å². The Bertz CT molecular complexity index is 829. The molecule has 3 aliphatic rings. The van der Waals surface area contributed by atoms with Crippen molar-refractivity contribution in [2.75, 3.05) is 33.4 Å². The number of benzene rings is 1. The van der Waals surface area contributed by atoms with Crippen molar-refractivity contribution in [1.29, 1.82) is 0 Å². The fourth-order valence-electron chi connectivity index (χ4n) is 4.91. The first-order valence-electron chi connectivity index (χ1n) is 10.7. The van der Waals surface area contributed by atoms with E-state index in [-0.39, 0.29) is 29.6 Å². The molecule has 0 bridgehead atoms. The quantitative estimate of drug-likeness (QED) is 0.564. The van der Waals surface area contributed by atoms with Crippen LogP contribution in [0.25, 0.3) is 0 Å². The van der Waals surface area contributed by atoms with Crippen molar-refractivity contribution in [2.24, 2.45) is 5.41 Å². The summed E-state index contributed by atoms with van der Waals surface area (Å²) in [7, 11) is 1.75. The van der Waals surface area contributed by atoms with Crippen molar-refractivity contribution in [3.8, 4) is 0 Å². The summed E-state index contributed by atoms with van der Waals surface area (Å²) in [5.41, 5.74) is 2.85. The molecule has 2 fully saturated rings. The molecule has 3 N–H and O–H groups in total. The van der Waals surface area contributed by atoms with Gasteiger partial charge in [0.2, 0.25) is 11.8 Å². The zero-order valence-electron chi connectivity index (χ0n) is 17.5. The van der Waals surface area contributed by atoms with Crippen molar-refractivity contribution >= 4 is 17.7 Å². The molecule has 1 aromatic rings. The summed E-state index contributed by atoms with van der Waals surface area (Å²) < 4.78 is 5.49. The second-order valence-corrected chi connectivity index (χ2v) is 8.63. The Labute approximate surface area is 176 Å². The van der Waals surface area contributed by atoms with Crippen LogP contribution in [0.1, 0.15) is 47.2 Å². The number of carbonyl (C=O) groups excluding carboxylic acids is 3. The number of nitrogens with one attached hydrogen (secondary N) is 3. The highest BCUT2D eigenvalue weighted by Crippen LogP contribution is 2.31. The minimum atomic E-state index is -0.580. The molecule has 1 unspecified atom stereocenters. The van der Waals surface area contributed by atoms with E-state index >= 15 is 0 Å². The Hall–Kier alpha value is -2.29. The van der Waals surface area contributed by atoms with E-state index in [1.165, 1.54) is 0 Å². The van der Waals surface area contributed by atoms with E-state index in [0.29, 0.717) is 25.1 Å². The summed E-state index contributed by atoms with van der Waals surface area (Å²) in [6.45, 7) is 4.67. The molecule has 8 nitrogen and oxygen atoms in total. The number of imide groups is 1. The molecule has 0 saturated carbocycles. The van der Waals surface area contributed by atoms with E-state index < -0.39 is 6.04 Å². The Morgan fingerprint density at radius 2 is 2.03 bits per heavy atom. The molecule has 1 atom stereocenters. The number of amides is 3. The van der Waals surface area contributed by atoms with Crippen molar-refractivity contribution in [3.05, 3.63) is 34.9 Å². The topological polar surface area (TPSA) is 99.8 Å². The highest BCUT2D eigenvalue weighted by molar-refractivity contribution is 6.05. The Balaban J connectivity index is 1.44. The average molecular weight is 415 g/mol. The molecule has 30 heavy (non-hydrogen) atoms. The van der Waals surface area contributed by atoms with E-state index in [0.717, 1.165) is 50.2 Å². The number of hydrogen-bond donors (Lipinski definition) is 3. The van der Waals surface area contributed by atoms with E-state index in [9.17, 15) is 14.4 Å². The van der Waals surface area contributed by atoms with Gasteiger partial charge in [-0.3, -0.25) is 19.7 Å². The Morgan fingerprint density at radius 3 is 2.77 bits per heavy atom. The largest absolute Gasteiger partial charge is 0.384 e. The Morgan fingerprint density at radius 1 is 1.23 bits per heavy atom. The van der Waals surface area contributed by atoms with Gasteiger partial charge in [-0.1, -0.05) is 12.1 Å². The first kappa shape index (κ1) is 21.0. The molecular weight excluding hydrogens is 384 g/mol. The molecule has 4 rings (SSSR count). The monoisotopic (exact) mass is 414 g/mol. The molecule has 3 amide bonds. The van der Waals surface area contributed by atoms with Crippen molar-refractivity contribution in [3.63, 3.8) is 0 Å². The molecule has 162 valence electrons. The van der Waals surface area contributed by atoms with E-state index in [2.05, 4.69) is 16.0 Å². The highest BCUT2D eigenvalue weighted by Gasteiger charge is 2.39. The average Bonchev–Trinajstić information content (AvgIpc) is 3.06. The maximum Gasteiger partial charge on any atom is 0.255 e. The molecule has 0 aromatic heterocycles. The second-order valence-electron chi connectivity index (χ2n) is 8.63. The van der Waals surface area contributed by atoms with Crippen LogP contribution >= 0.6 is 0 Å². The van der Waals surface area contributed by atoms with Crippen LogP contribution in [-0.2, 0) is 27.4 Å². The number of piperidine rings is 2. The van der Waals surface area contributed by atoms with Gasteiger partial charge in [-0.2, -0.15) is 0 Å². The number of hydrogen-bond acceptors (Lipinski definition) is 6. The van der Waals surface area contributed by atoms with Gasteiger partial charge < -0.3 is 20.3 Å². The Kier molecular flexibility index (Phi) is 6.17. The van der Waals surface area contributed by atoms with Gasteiger partial charge in [0.05, 0.1) is 6.61 Å². The molecule has 0 radical (unpaired) electrons. The minimum absolute atomic E-state index is 0.129. The van der Waals surface area contributed by atoms with Gasteiger partial charge in [0.1, 0.15) is 6.04 Å². The van der Waals surface area contributed by atoms with Gasteiger partial charge in [0, 0.05) is 44.1 Å². The number of ether oxygens (including phenoxy) is 1. The molecule has 8 heteroatoms. The molecule has 3 aliphatic heterocycles. The van der Waals surface area contributed by atoms with Crippen molar-refractivity contribution < 1.29 is 19.1 Å². The summed E-state index contributed by atoms with van der Waals surface area (Å²) in [5, 5.41) is 9.35. The zero-order valence-corrected chi connectivity index (χ0v) is 17.5. The van der Waals surface area contributed by atoms with Crippen molar-refractivity contribution in [1.82, 2.24) is 20.9 Å². The summed E-state index contributed by atoms with van der Waals surface area (Å²) in [6.07, 6.45) is 2.79. The van der Waals surface area contributed by atoms with Gasteiger partial charge in [0.15, 0.2) is 0 Å². The third-order valence-electron chi connectivity index (χ3n) is 6.61. The normalized spacial score (nSPS) is 23.4. The lowest BCUT2D eigenvalue weighted by Gasteiger charge is -2.37. The van der Waals surface area contributed by atoms with E-state index in [1.54, 1.807) is 12.0 Å². The second kappa shape index (κ2) is 8.83. The van der Waals surface area contributed by atoms with Crippen LogP contribution in [0, 0.1) is 5.41 Å². The first-order chi connectivity index (χ1) is 14.5. The predicted octanol–water partition coefficient (Wildman–Crippen LogP) is 0.553. The van der Waals surface area contributed by atoms with Crippen LogP contribution in [0.15, 0.2) is 18.2 Å². The lowest BCUT2D eigenvalue weighted by Crippen LogP contribution is -2.52. The van der Waals surface area contributed by atoms with Gasteiger partial charge in [-0.15, -0.1) is 0 Å². The SMILES string of the molecule is COCC1(CNCc2cccc3c2CN(C2CCC(=O)NC2=O)C3=O)CCNCC1. The summed E-state index contributed by atoms with van der Waals surface area (Å²) >= 11 is 0. The number of methoxy groups -OCH3 is 1. The van der Waals surface area contributed by atoms with Gasteiger partial charge in [0.25, 0.3) is 5.91 Å². The number of nitrogens with zero attached hydrogens (tertiary/aromatic N) is 1. The van der Waals surface area contributed by atoms with Crippen LogP contribution < -0.4 is 16.0 Å². The fourth-order valence-corrected chi connectivity index (χ4v) is 4.91.